The maximum absolute atomic E-state index is 6.39. The van der Waals surface area contributed by atoms with Crippen molar-refractivity contribution in [2.75, 3.05) is 0 Å². The molecule has 1 saturated heterocycles. The predicted octanol–water partition coefficient (Wildman–Crippen LogP) is 3.37. The molecule has 3 aliphatic carbocycles. The molecule has 2 nitrogen and oxygen atoms in total. The molecule has 4 rings (SSSR count). The van der Waals surface area contributed by atoms with Gasteiger partial charge in [0.2, 0.25) is 0 Å². The third kappa shape index (κ3) is 1.23. The van der Waals surface area contributed by atoms with Crippen LogP contribution < -0.4 is 0 Å². The lowest BCUT2D eigenvalue weighted by Gasteiger charge is -2.49. The third-order valence-corrected chi connectivity index (χ3v) is 6.70. The molecule has 0 radical (unpaired) electrons. The first-order valence-corrected chi connectivity index (χ1v) is 7.79. The molecular formula is C15H25BO2. The Bertz CT molecular complexity index is 385. The Morgan fingerprint density at radius 2 is 1.94 bits per heavy atom. The second-order valence-electron chi connectivity index (χ2n) is 7.93. The Balaban J connectivity index is 1.49. The van der Waals surface area contributed by atoms with E-state index in [1.165, 1.54) is 19.3 Å². The SMILES string of the molecule is CC(C)CCB1OC2CC3C4CC(C34C)[C@]2(C)O1. The second-order valence-corrected chi connectivity index (χ2v) is 7.93. The molecule has 0 N–H and O–H groups in total. The van der Waals surface area contributed by atoms with Gasteiger partial charge in [-0.3, -0.25) is 0 Å². The summed E-state index contributed by atoms with van der Waals surface area (Å²) in [4.78, 5) is 0. The molecule has 3 saturated carbocycles. The van der Waals surface area contributed by atoms with Crippen LogP contribution >= 0.6 is 0 Å². The lowest BCUT2D eigenvalue weighted by molar-refractivity contribution is -0.0876. The van der Waals surface area contributed by atoms with E-state index in [0.29, 0.717) is 11.5 Å². The van der Waals surface area contributed by atoms with Crippen LogP contribution in [0.5, 0.6) is 0 Å². The lowest BCUT2D eigenvalue weighted by atomic mass is 9.61. The summed E-state index contributed by atoms with van der Waals surface area (Å²) in [5.41, 5.74) is 0.654. The van der Waals surface area contributed by atoms with Crippen molar-refractivity contribution in [1.82, 2.24) is 0 Å². The summed E-state index contributed by atoms with van der Waals surface area (Å²) in [7, 11) is 0.0718. The van der Waals surface area contributed by atoms with E-state index in [0.717, 1.165) is 30.0 Å². The van der Waals surface area contributed by atoms with E-state index in [2.05, 4.69) is 27.7 Å². The Morgan fingerprint density at radius 3 is 2.67 bits per heavy atom. The molecule has 0 aromatic heterocycles. The monoisotopic (exact) mass is 248 g/mol. The number of hydrogen-bond acceptors (Lipinski definition) is 2. The van der Waals surface area contributed by atoms with Gasteiger partial charge < -0.3 is 9.31 Å². The number of rotatable bonds is 3. The van der Waals surface area contributed by atoms with E-state index in [-0.39, 0.29) is 12.7 Å². The topological polar surface area (TPSA) is 18.5 Å². The van der Waals surface area contributed by atoms with Gasteiger partial charge in [0.1, 0.15) is 0 Å². The van der Waals surface area contributed by atoms with Crippen molar-refractivity contribution in [2.24, 2.45) is 29.1 Å². The lowest BCUT2D eigenvalue weighted by Crippen LogP contribution is -2.53. The first-order valence-electron chi connectivity index (χ1n) is 7.79. The van der Waals surface area contributed by atoms with Crippen LogP contribution in [0.4, 0.5) is 0 Å². The van der Waals surface area contributed by atoms with Crippen molar-refractivity contribution in [3.05, 3.63) is 0 Å². The minimum atomic E-state index is 0.0277. The van der Waals surface area contributed by atoms with Gasteiger partial charge in [-0.05, 0) is 55.2 Å². The van der Waals surface area contributed by atoms with Crippen LogP contribution in [0.1, 0.15) is 47.0 Å². The van der Waals surface area contributed by atoms with Crippen LogP contribution in [-0.2, 0) is 9.31 Å². The average molecular weight is 248 g/mol. The fraction of sp³-hybridized carbons (Fsp3) is 1.00. The van der Waals surface area contributed by atoms with Crippen LogP contribution in [0.25, 0.3) is 0 Å². The minimum Gasteiger partial charge on any atom is -0.405 e. The maximum Gasteiger partial charge on any atom is 0.457 e. The maximum atomic E-state index is 6.39. The fourth-order valence-corrected chi connectivity index (χ4v) is 5.40. The largest absolute Gasteiger partial charge is 0.457 e. The zero-order chi connectivity index (χ0) is 12.7. The van der Waals surface area contributed by atoms with E-state index < -0.39 is 0 Å². The Hall–Kier alpha value is -0.0151. The highest BCUT2D eigenvalue weighted by molar-refractivity contribution is 6.45. The molecule has 3 heteroatoms. The van der Waals surface area contributed by atoms with Gasteiger partial charge in [0, 0.05) is 0 Å². The zero-order valence-corrected chi connectivity index (χ0v) is 12.1. The standard InChI is InChI=1S/C15H25BO2/c1-9(2)5-6-16-17-13-8-11-10-7-12(14(10,11)3)15(13,4)18-16/h9-13H,5-8H2,1-4H3/t10?,11?,12?,13?,14?,15-/m0/s1. The van der Waals surface area contributed by atoms with Gasteiger partial charge in [-0.25, -0.2) is 0 Å². The molecule has 18 heavy (non-hydrogen) atoms. The molecule has 5 unspecified atom stereocenters. The van der Waals surface area contributed by atoms with Gasteiger partial charge in [-0.1, -0.05) is 27.2 Å². The first-order chi connectivity index (χ1) is 8.46. The van der Waals surface area contributed by atoms with Crippen molar-refractivity contribution in [3.8, 4) is 0 Å². The highest BCUT2D eigenvalue weighted by atomic mass is 16.7. The normalized spacial score (nSPS) is 56.2. The van der Waals surface area contributed by atoms with Crippen LogP contribution in [0.15, 0.2) is 0 Å². The Labute approximate surface area is 111 Å². The van der Waals surface area contributed by atoms with E-state index in [9.17, 15) is 0 Å². The molecule has 0 amide bonds. The van der Waals surface area contributed by atoms with Gasteiger partial charge in [0.05, 0.1) is 11.7 Å². The summed E-state index contributed by atoms with van der Waals surface area (Å²) in [6, 6.07) is 0. The molecule has 4 fully saturated rings. The average Bonchev–Trinajstić information content (AvgIpc) is 2.60. The summed E-state index contributed by atoms with van der Waals surface area (Å²) in [6.45, 7) is 9.36. The summed E-state index contributed by atoms with van der Waals surface area (Å²) in [5, 5.41) is 0. The van der Waals surface area contributed by atoms with Gasteiger partial charge in [-0.15, -0.1) is 0 Å². The van der Waals surface area contributed by atoms with Gasteiger partial charge >= 0.3 is 7.12 Å². The van der Waals surface area contributed by atoms with Crippen LogP contribution in [-0.4, -0.2) is 18.8 Å². The van der Waals surface area contributed by atoms with E-state index in [1.54, 1.807) is 0 Å². The predicted molar refractivity (Wildman–Crippen MR) is 72.2 cm³/mol. The van der Waals surface area contributed by atoms with Crippen molar-refractivity contribution < 1.29 is 9.31 Å². The molecule has 0 bridgehead atoms. The molecular weight excluding hydrogens is 223 g/mol. The van der Waals surface area contributed by atoms with Crippen LogP contribution in [0.2, 0.25) is 6.32 Å². The molecule has 100 valence electrons. The zero-order valence-electron chi connectivity index (χ0n) is 12.1. The van der Waals surface area contributed by atoms with E-state index in [1.807, 2.05) is 0 Å². The van der Waals surface area contributed by atoms with E-state index in [4.69, 9.17) is 9.31 Å². The summed E-state index contributed by atoms with van der Waals surface area (Å²) in [6.07, 6.45) is 5.31. The van der Waals surface area contributed by atoms with E-state index >= 15 is 0 Å². The molecule has 4 aliphatic rings. The number of fused-ring (bicyclic) bond motifs is 3. The van der Waals surface area contributed by atoms with Crippen LogP contribution in [0, 0.1) is 29.1 Å². The van der Waals surface area contributed by atoms with Gasteiger partial charge in [0.25, 0.3) is 0 Å². The molecule has 1 heterocycles. The fourth-order valence-electron chi connectivity index (χ4n) is 5.40. The summed E-state index contributed by atoms with van der Waals surface area (Å²) in [5.74, 6) is 3.47. The van der Waals surface area contributed by atoms with Crippen molar-refractivity contribution >= 4 is 7.12 Å². The van der Waals surface area contributed by atoms with Gasteiger partial charge in [-0.2, -0.15) is 0 Å². The smallest absolute Gasteiger partial charge is 0.405 e. The highest BCUT2D eigenvalue weighted by Gasteiger charge is 2.81. The molecule has 6 atom stereocenters. The Morgan fingerprint density at radius 1 is 1.22 bits per heavy atom. The quantitative estimate of drug-likeness (QED) is 0.713. The number of hydrogen-bond donors (Lipinski definition) is 0. The second kappa shape index (κ2) is 3.35. The molecule has 1 aliphatic heterocycles. The summed E-state index contributed by atoms with van der Waals surface area (Å²) < 4.78 is 12.6. The van der Waals surface area contributed by atoms with Crippen molar-refractivity contribution in [1.29, 1.82) is 0 Å². The van der Waals surface area contributed by atoms with Gasteiger partial charge in [0.15, 0.2) is 0 Å². The summed E-state index contributed by atoms with van der Waals surface area (Å²) >= 11 is 0. The molecule has 0 aromatic rings. The molecule has 0 aromatic carbocycles. The molecule has 0 spiro atoms. The van der Waals surface area contributed by atoms with Crippen LogP contribution in [0.3, 0.4) is 0 Å². The van der Waals surface area contributed by atoms with Crippen molar-refractivity contribution in [2.45, 2.75) is 65.0 Å². The Kier molecular flexibility index (Phi) is 2.19. The first kappa shape index (κ1) is 11.8. The van der Waals surface area contributed by atoms with Crippen molar-refractivity contribution in [3.63, 3.8) is 0 Å². The third-order valence-electron chi connectivity index (χ3n) is 6.70. The minimum absolute atomic E-state index is 0.0277. The highest BCUT2D eigenvalue weighted by Crippen LogP contribution is 2.82.